The number of carbonyl (C=O) groups excluding carboxylic acids is 2. The van der Waals surface area contributed by atoms with Gasteiger partial charge in [-0.2, -0.15) is 0 Å². The van der Waals surface area contributed by atoms with Gasteiger partial charge in [0.05, 0.1) is 18.2 Å². The number of anilines is 1. The van der Waals surface area contributed by atoms with Crippen LogP contribution < -0.4 is 25.4 Å². The van der Waals surface area contributed by atoms with Gasteiger partial charge in [0.25, 0.3) is 5.91 Å². The van der Waals surface area contributed by atoms with E-state index in [1.165, 1.54) is 0 Å². The van der Waals surface area contributed by atoms with E-state index in [9.17, 15) is 9.59 Å². The molecule has 1 fully saturated rings. The summed E-state index contributed by atoms with van der Waals surface area (Å²) in [6.07, 6.45) is 2.85. The van der Waals surface area contributed by atoms with Gasteiger partial charge >= 0.3 is 6.03 Å². The fourth-order valence-corrected chi connectivity index (χ4v) is 3.24. The van der Waals surface area contributed by atoms with E-state index in [1.54, 1.807) is 30.3 Å². The van der Waals surface area contributed by atoms with Crippen molar-refractivity contribution in [2.75, 3.05) is 18.5 Å². The second-order valence-electron chi connectivity index (χ2n) is 7.09. The zero-order valence-electron chi connectivity index (χ0n) is 15.8. The molecule has 0 saturated heterocycles. The average molecular weight is 416 g/mol. The van der Waals surface area contributed by atoms with Crippen molar-refractivity contribution < 1.29 is 19.1 Å². The lowest BCUT2D eigenvalue weighted by Crippen LogP contribution is -2.30. The Labute approximate surface area is 173 Å². The molecule has 0 bridgehead atoms. The Kier molecular flexibility index (Phi) is 5.76. The number of benzene rings is 2. The van der Waals surface area contributed by atoms with Gasteiger partial charge in [0.1, 0.15) is 0 Å². The van der Waals surface area contributed by atoms with Gasteiger partial charge in [-0.15, -0.1) is 0 Å². The van der Waals surface area contributed by atoms with Crippen LogP contribution in [0.25, 0.3) is 0 Å². The van der Waals surface area contributed by atoms with Crippen LogP contribution >= 0.6 is 11.6 Å². The smallest absolute Gasteiger partial charge is 0.319 e. The van der Waals surface area contributed by atoms with Gasteiger partial charge in [-0.3, -0.25) is 4.79 Å². The largest absolute Gasteiger partial charge is 0.489 e. The van der Waals surface area contributed by atoms with Crippen LogP contribution in [-0.2, 0) is 6.54 Å². The molecule has 1 saturated carbocycles. The molecule has 8 heteroatoms. The van der Waals surface area contributed by atoms with E-state index in [0.29, 0.717) is 53.6 Å². The van der Waals surface area contributed by atoms with Gasteiger partial charge in [-0.25, -0.2) is 4.79 Å². The molecular weight excluding hydrogens is 394 g/mol. The highest BCUT2D eigenvalue weighted by Crippen LogP contribution is 2.38. The number of urea groups is 1. The van der Waals surface area contributed by atoms with Gasteiger partial charge in [0, 0.05) is 30.3 Å². The summed E-state index contributed by atoms with van der Waals surface area (Å²) in [4.78, 5) is 24.2. The molecule has 1 aliphatic carbocycles. The van der Waals surface area contributed by atoms with Gasteiger partial charge in [0.15, 0.2) is 11.5 Å². The summed E-state index contributed by atoms with van der Waals surface area (Å²) in [6, 6.07) is 10.4. The molecule has 2 aromatic rings. The number of rotatable bonds is 5. The Morgan fingerprint density at radius 1 is 1.07 bits per heavy atom. The summed E-state index contributed by atoms with van der Waals surface area (Å²) in [7, 11) is 0. The highest BCUT2D eigenvalue weighted by molar-refractivity contribution is 6.32. The topological polar surface area (TPSA) is 88.7 Å². The van der Waals surface area contributed by atoms with Gasteiger partial charge in [0.2, 0.25) is 0 Å². The molecule has 1 aliphatic heterocycles. The lowest BCUT2D eigenvalue weighted by atomic mass is 10.1. The number of nitrogens with one attached hydrogen (secondary N) is 3. The van der Waals surface area contributed by atoms with E-state index in [2.05, 4.69) is 16.0 Å². The van der Waals surface area contributed by atoms with Crippen LogP contribution in [0.15, 0.2) is 36.4 Å². The first kappa shape index (κ1) is 19.4. The summed E-state index contributed by atoms with van der Waals surface area (Å²) in [5.74, 6) is 0.925. The summed E-state index contributed by atoms with van der Waals surface area (Å²) in [5.41, 5.74) is 1.95. The molecule has 2 aromatic carbocycles. The lowest BCUT2D eigenvalue weighted by Gasteiger charge is -2.12. The van der Waals surface area contributed by atoms with Gasteiger partial charge in [-0.05, 0) is 54.8 Å². The standard InChI is InChI=1S/C21H22ClN3O4/c22-17-10-13(11-18-19(17)29-9-1-8-28-18)12-23-20(26)14-2-4-15(5-3-14)24-21(27)25-16-6-7-16/h2-5,10-11,16H,1,6-9,12H2,(H,23,26)(H2,24,25,27). The predicted octanol–water partition coefficient (Wildman–Crippen LogP) is 3.72. The molecule has 7 nitrogen and oxygen atoms in total. The maximum absolute atomic E-state index is 12.4. The summed E-state index contributed by atoms with van der Waals surface area (Å²) in [5, 5.41) is 8.94. The van der Waals surface area contributed by atoms with Crippen LogP contribution in [0.5, 0.6) is 11.5 Å². The van der Waals surface area contributed by atoms with Crippen molar-refractivity contribution in [1.82, 2.24) is 10.6 Å². The molecule has 0 spiro atoms. The van der Waals surface area contributed by atoms with E-state index in [4.69, 9.17) is 21.1 Å². The van der Waals surface area contributed by atoms with Crippen molar-refractivity contribution in [1.29, 1.82) is 0 Å². The quantitative estimate of drug-likeness (QED) is 0.694. The van der Waals surface area contributed by atoms with Gasteiger partial charge < -0.3 is 25.4 Å². The monoisotopic (exact) mass is 415 g/mol. The second-order valence-corrected chi connectivity index (χ2v) is 7.50. The molecule has 2 aliphatic rings. The van der Waals surface area contributed by atoms with E-state index in [1.807, 2.05) is 6.07 Å². The highest BCUT2D eigenvalue weighted by atomic mass is 35.5. The van der Waals surface area contributed by atoms with E-state index in [0.717, 1.165) is 24.8 Å². The average Bonchev–Trinajstić information content (AvgIpc) is 3.53. The minimum Gasteiger partial charge on any atom is -0.489 e. The Hall–Kier alpha value is -2.93. The fraction of sp³-hybridized carbons (Fsp3) is 0.333. The van der Waals surface area contributed by atoms with Crippen molar-refractivity contribution in [3.05, 3.63) is 52.5 Å². The number of hydrogen-bond acceptors (Lipinski definition) is 4. The minimum absolute atomic E-state index is 0.220. The minimum atomic E-state index is -0.226. The summed E-state index contributed by atoms with van der Waals surface area (Å²) >= 11 is 6.29. The van der Waals surface area contributed by atoms with Crippen molar-refractivity contribution in [3.8, 4) is 11.5 Å². The molecule has 0 atom stereocenters. The molecule has 4 rings (SSSR count). The van der Waals surface area contributed by atoms with Crippen molar-refractivity contribution in [2.45, 2.75) is 31.8 Å². The van der Waals surface area contributed by atoms with Crippen molar-refractivity contribution in [3.63, 3.8) is 0 Å². The first-order valence-corrected chi connectivity index (χ1v) is 10.00. The second kappa shape index (κ2) is 8.61. The Bertz CT molecular complexity index is 913. The third-order valence-electron chi connectivity index (χ3n) is 4.63. The van der Waals surface area contributed by atoms with Crippen LogP contribution in [0.2, 0.25) is 5.02 Å². The van der Waals surface area contributed by atoms with E-state index < -0.39 is 0 Å². The van der Waals surface area contributed by atoms with Crippen LogP contribution in [0.1, 0.15) is 35.2 Å². The number of amides is 3. The predicted molar refractivity (Wildman–Crippen MR) is 110 cm³/mol. The number of hydrogen-bond donors (Lipinski definition) is 3. The molecule has 3 N–H and O–H groups in total. The summed E-state index contributed by atoms with van der Waals surface area (Å²) in [6.45, 7) is 1.44. The molecule has 29 heavy (non-hydrogen) atoms. The van der Waals surface area contributed by atoms with Gasteiger partial charge in [-0.1, -0.05) is 11.6 Å². The van der Waals surface area contributed by atoms with E-state index in [-0.39, 0.29) is 11.9 Å². The zero-order valence-corrected chi connectivity index (χ0v) is 16.6. The number of halogens is 1. The third kappa shape index (κ3) is 5.12. The number of ether oxygens (including phenoxy) is 2. The highest BCUT2D eigenvalue weighted by Gasteiger charge is 2.23. The zero-order chi connectivity index (χ0) is 20.2. The van der Waals surface area contributed by atoms with Crippen LogP contribution in [0.4, 0.5) is 10.5 Å². The maximum Gasteiger partial charge on any atom is 0.319 e. The molecule has 152 valence electrons. The van der Waals surface area contributed by atoms with E-state index >= 15 is 0 Å². The molecule has 0 unspecified atom stereocenters. The maximum atomic E-state index is 12.4. The van der Waals surface area contributed by atoms with Crippen LogP contribution in [0.3, 0.4) is 0 Å². The van der Waals surface area contributed by atoms with Crippen LogP contribution in [0, 0.1) is 0 Å². The van der Waals surface area contributed by atoms with Crippen molar-refractivity contribution in [2.24, 2.45) is 0 Å². The molecular formula is C21H22ClN3O4. The van der Waals surface area contributed by atoms with Crippen LogP contribution in [-0.4, -0.2) is 31.2 Å². The SMILES string of the molecule is O=C(Nc1ccc(C(=O)NCc2cc(Cl)c3c(c2)OCCCO3)cc1)NC1CC1. The number of fused-ring (bicyclic) bond motifs is 1. The fourth-order valence-electron chi connectivity index (χ4n) is 2.96. The number of carbonyl (C=O) groups is 2. The summed E-state index contributed by atoms with van der Waals surface area (Å²) < 4.78 is 11.3. The lowest BCUT2D eigenvalue weighted by molar-refractivity contribution is 0.0951. The first-order chi connectivity index (χ1) is 14.1. The Morgan fingerprint density at radius 2 is 1.83 bits per heavy atom. The Morgan fingerprint density at radius 3 is 2.59 bits per heavy atom. The first-order valence-electron chi connectivity index (χ1n) is 9.62. The Balaban J connectivity index is 1.34. The molecule has 1 heterocycles. The normalized spacial score (nSPS) is 15.2. The third-order valence-corrected chi connectivity index (χ3v) is 4.91. The molecule has 3 amide bonds. The molecule has 0 aromatic heterocycles. The van der Waals surface area contributed by atoms with Crippen molar-refractivity contribution >= 4 is 29.2 Å². The molecule has 0 radical (unpaired) electrons.